The molecule has 1 aliphatic heterocycles. The summed E-state index contributed by atoms with van der Waals surface area (Å²) in [6, 6.07) is 3.77. The van der Waals surface area contributed by atoms with Crippen LogP contribution in [0.25, 0.3) is 0 Å². The number of ether oxygens (including phenoxy) is 1. The summed E-state index contributed by atoms with van der Waals surface area (Å²) < 4.78 is 46.0. The van der Waals surface area contributed by atoms with Crippen LogP contribution in [0.2, 0.25) is 0 Å². The van der Waals surface area contributed by atoms with Gasteiger partial charge >= 0.3 is 6.18 Å². The van der Waals surface area contributed by atoms with Gasteiger partial charge in [0.1, 0.15) is 0 Å². The molecule has 0 atom stereocenters. The SMILES string of the molecule is C=CCC1=C(C2CCC(OC)CC2)Cc2cc(C(F)(F)F)ccc2N(CCN(C)C)C1=O. The molecule has 1 saturated carbocycles. The fourth-order valence-electron chi connectivity index (χ4n) is 4.81. The van der Waals surface area contributed by atoms with E-state index in [0.717, 1.165) is 37.3 Å². The van der Waals surface area contributed by atoms with Gasteiger partial charge in [0.05, 0.1) is 11.7 Å². The second kappa shape index (κ2) is 10.2. The van der Waals surface area contributed by atoms with Gasteiger partial charge in [-0.1, -0.05) is 11.6 Å². The number of amides is 1. The Balaban J connectivity index is 2.09. The van der Waals surface area contributed by atoms with E-state index >= 15 is 0 Å². The second-order valence-electron chi connectivity index (χ2n) is 8.98. The number of halogens is 3. The van der Waals surface area contributed by atoms with Gasteiger partial charge in [-0.15, -0.1) is 6.58 Å². The largest absolute Gasteiger partial charge is 0.416 e. The highest BCUT2D eigenvalue weighted by Crippen LogP contribution is 2.41. The Hall–Kier alpha value is -2.12. The Morgan fingerprint density at radius 1 is 1.22 bits per heavy atom. The van der Waals surface area contributed by atoms with Crippen molar-refractivity contribution in [3.8, 4) is 0 Å². The lowest BCUT2D eigenvalue weighted by Crippen LogP contribution is -2.38. The number of hydrogen-bond donors (Lipinski definition) is 0. The topological polar surface area (TPSA) is 32.8 Å². The van der Waals surface area contributed by atoms with Crippen molar-refractivity contribution in [3.05, 3.63) is 53.1 Å². The summed E-state index contributed by atoms with van der Waals surface area (Å²) in [5.41, 5.74) is 2.12. The summed E-state index contributed by atoms with van der Waals surface area (Å²) in [7, 11) is 5.53. The Morgan fingerprint density at radius 3 is 2.47 bits per heavy atom. The van der Waals surface area contributed by atoms with Gasteiger partial charge in [-0.05, 0) is 82.3 Å². The van der Waals surface area contributed by atoms with Crippen LogP contribution in [-0.2, 0) is 22.1 Å². The molecule has 1 amide bonds. The molecule has 1 aliphatic carbocycles. The molecule has 0 spiro atoms. The molecule has 4 nitrogen and oxygen atoms in total. The van der Waals surface area contributed by atoms with Crippen molar-refractivity contribution in [2.45, 2.75) is 50.8 Å². The number of allylic oxidation sites excluding steroid dienone is 2. The van der Waals surface area contributed by atoms with Gasteiger partial charge in [-0.3, -0.25) is 4.79 Å². The normalized spacial score (nSPS) is 22.2. The summed E-state index contributed by atoms with van der Waals surface area (Å²) in [6.07, 6.45) is 1.78. The van der Waals surface area contributed by atoms with Crippen LogP contribution in [0.5, 0.6) is 0 Å². The van der Waals surface area contributed by atoms with Crippen LogP contribution in [0, 0.1) is 5.92 Å². The van der Waals surface area contributed by atoms with E-state index in [4.69, 9.17) is 4.74 Å². The van der Waals surface area contributed by atoms with E-state index in [1.807, 2.05) is 19.0 Å². The highest BCUT2D eigenvalue weighted by molar-refractivity contribution is 6.07. The maximum Gasteiger partial charge on any atom is 0.416 e. The molecule has 1 heterocycles. The summed E-state index contributed by atoms with van der Waals surface area (Å²) >= 11 is 0. The first kappa shape index (κ1) is 24.5. The molecule has 3 rings (SSSR count). The third-order valence-corrected chi connectivity index (χ3v) is 6.59. The minimum Gasteiger partial charge on any atom is -0.381 e. The van der Waals surface area contributed by atoms with Crippen molar-refractivity contribution >= 4 is 11.6 Å². The van der Waals surface area contributed by atoms with Crippen LogP contribution in [0.1, 0.15) is 43.2 Å². The molecule has 32 heavy (non-hydrogen) atoms. The number of carbonyl (C=O) groups excluding carboxylic acids is 1. The highest BCUT2D eigenvalue weighted by atomic mass is 19.4. The number of alkyl halides is 3. The van der Waals surface area contributed by atoms with Crippen molar-refractivity contribution < 1.29 is 22.7 Å². The molecular weight excluding hydrogens is 417 g/mol. The van der Waals surface area contributed by atoms with E-state index in [1.165, 1.54) is 12.1 Å². The quantitative estimate of drug-likeness (QED) is 0.533. The molecule has 176 valence electrons. The molecule has 0 aromatic heterocycles. The molecule has 0 N–H and O–H groups in total. The van der Waals surface area contributed by atoms with Crippen molar-refractivity contribution in [1.29, 1.82) is 0 Å². The molecular formula is C25H33F3N2O2. The summed E-state index contributed by atoms with van der Waals surface area (Å²) in [5, 5.41) is 0. The minimum atomic E-state index is -4.43. The van der Waals surface area contributed by atoms with E-state index in [0.29, 0.717) is 42.8 Å². The number of anilines is 1. The first-order chi connectivity index (χ1) is 15.2. The van der Waals surface area contributed by atoms with Crippen LogP contribution in [0.4, 0.5) is 18.9 Å². The molecule has 0 radical (unpaired) electrons. The minimum absolute atomic E-state index is 0.117. The van der Waals surface area contributed by atoms with Crippen molar-refractivity contribution in [1.82, 2.24) is 4.90 Å². The summed E-state index contributed by atoms with van der Waals surface area (Å²) in [5.74, 6) is 0.0469. The maximum atomic E-state index is 13.7. The van der Waals surface area contributed by atoms with Gasteiger partial charge in [0.25, 0.3) is 5.91 Å². The lowest BCUT2D eigenvalue weighted by molar-refractivity contribution is -0.137. The zero-order valence-corrected chi connectivity index (χ0v) is 19.2. The standard InChI is InChI=1S/C25H33F3N2O2/c1-5-6-21-22(17-7-10-20(32-4)11-8-17)16-18-15-19(25(26,27)28)9-12-23(18)30(24(21)31)14-13-29(2)3/h5,9,12,15,17,20H,1,6-8,10-11,13-14,16H2,2-4H3. The third kappa shape index (κ3) is 5.44. The average molecular weight is 451 g/mol. The van der Waals surface area contributed by atoms with E-state index in [-0.39, 0.29) is 17.9 Å². The molecule has 2 aliphatic rings. The number of carbonyl (C=O) groups is 1. The van der Waals surface area contributed by atoms with Gasteiger partial charge in [0.15, 0.2) is 0 Å². The first-order valence-electron chi connectivity index (χ1n) is 11.2. The molecule has 0 unspecified atom stereocenters. The zero-order valence-electron chi connectivity index (χ0n) is 19.2. The molecule has 1 aromatic carbocycles. The second-order valence-corrected chi connectivity index (χ2v) is 8.98. The Morgan fingerprint density at radius 2 is 1.91 bits per heavy atom. The number of fused-ring (bicyclic) bond motifs is 1. The van der Waals surface area contributed by atoms with Gasteiger partial charge in [-0.25, -0.2) is 0 Å². The van der Waals surface area contributed by atoms with Crippen molar-refractivity contribution in [2.75, 3.05) is 39.2 Å². The number of benzene rings is 1. The lowest BCUT2D eigenvalue weighted by Gasteiger charge is -2.30. The van der Waals surface area contributed by atoms with Crippen LogP contribution in [0.3, 0.4) is 0 Å². The molecule has 1 fully saturated rings. The lowest BCUT2D eigenvalue weighted by atomic mass is 9.78. The summed E-state index contributed by atoms with van der Waals surface area (Å²) in [6.45, 7) is 4.86. The summed E-state index contributed by atoms with van der Waals surface area (Å²) in [4.78, 5) is 17.3. The molecule has 0 bridgehead atoms. The predicted molar refractivity (Wildman–Crippen MR) is 121 cm³/mol. The predicted octanol–water partition coefficient (Wildman–Crippen LogP) is 5.23. The molecule has 1 aromatic rings. The number of likely N-dealkylation sites (N-methyl/N-ethyl adjacent to an activating group) is 1. The Kier molecular flexibility index (Phi) is 7.83. The number of rotatable bonds is 7. The Labute approximate surface area is 188 Å². The van der Waals surface area contributed by atoms with Gasteiger partial charge < -0.3 is 14.5 Å². The van der Waals surface area contributed by atoms with Crippen LogP contribution in [-0.4, -0.2) is 51.2 Å². The van der Waals surface area contributed by atoms with E-state index in [1.54, 1.807) is 18.1 Å². The van der Waals surface area contributed by atoms with Gasteiger partial charge in [0.2, 0.25) is 0 Å². The van der Waals surface area contributed by atoms with E-state index in [2.05, 4.69) is 6.58 Å². The zero-order chi connectivity index (χ0) is 23.5. The monoisotopic (exact) mass is 450 g/mol. The Bertz CT molecular complexity index is 868. The smallest absolute Gasteiger partial charge is 0.381 e. The van der Waals surface area contributed by atoms with E-state index < -0.39 is 11.7 Å². The molecule has 7 heteroatoms. The van der Waals surface area contributed by atoms with Crippen LogP contribution in [0.15, 0.2) is 42.0 Å². The molecule has 0 saturated heterocycles. The van der Waals surface area contributed by atoms with Gasteiger partial charge in [-0.2, -0.15) is 13.2 Å². The van der Waals surface area contributed by atoms with Gasteiger partial charge in [0, 0.05) is 31.5 Å². The number of hydrogen-bond acceptors (Lipinski definition) is 3. The van der Waals surface area contributed by atoms with Crippen LogP contribution >= 0.6 is 0 Å². The first-order valence-corrected chi connectivity index (χ1v) is 11.2. The van der Waals surface area contributed by atoms with Crippen LogP contribution < -0.4 is 4.90 Å². The number of nitrogens with zero attached hydrogens (tertiary/aromatic N) is 2. The van der Waals surface area contributed by atoms with E-state index in [9.17, 15) is 18.0 Å². The van der Waals surface area contributed by atoms with Crippen molar-refractivity contribution in [2.24, 2.45) is 5.92 Å². The number of methoxy groups -OCH3 is 1. The third-order valence-electron chi connectivity index (χ3n) is 6.59. The van der Waals surface area contributed by atoms with Crippen molar-refractivity contribution in [3.63, 3.8) is 0 Å². The highest BCUT2D eigenvalue weighted by Gasteiger charge is 2.36. The fourth-order valence-corrected chi connectivity index (χ4v) is 4.81. The fraction of sp³-hybridized carbons (Fsp3) is 0.560. The average Bonchev–Trinajstić information content (AvgIpc) is 2.86. The maximum absolute atomic E-state index is 13.7.